The number of Topliss-reactive ketones (excluding diaryl/α,β-unsaturated/α-hetero) is 1. The Kier molecular flexibility index (Phi) is 7.70. The fourth-order valence-electron chi connectivity index (χ4n) is 5.38. The number of hydrogen-bond donors (Lipinski definition) is 0. The third-order valence-electron chi connectivity index (χ3n) is 7.62. The van der Waals surface area contributed by atoms with Crippen LogP contribution in [0.2, 0.25) is 0 Å². The quantitative estimate of drug-likeness (QED) is 0.237. The van der Waals surface area contributed by atoms with E-state index < -0.39 is 21.7 Å². The molecule has 0 unspecified atom stereocenters. The van der Waals surface area contributed by atoms with Gasteiger partial charge in [-0.1, -0.05) is 6.92 Å². The van der Waals surface area contributed by atoms with Crippen molar-refractivity contribution >= 4 is 38.4 Å². The van der Waals surface area contributed by atoms with Gasteiger partial charge in [-0.2, -0.15) is 0 Å². The van der Waals surface area contributed by atoms with E-state index >= 15 is 0 Å². The average molecular weight is 581 g/mol. The van der Waals surface area contributed by atoms with E-state index in [1.165, 1.54) is 59.9 Å². The zero-order chi connectivity index (χ0) is 29.5. The molecule has 0 aliphatic carbocycles. The van der Waals surface area contributed by atoms with Gasteiger partial charge < -0.3 is 9.32 Å². The average Bonchev–Trinajstić information content (AvgIpc) is 3.34. The van der Waals surface area contributed by atoms with Crippen LogP contribution in [-0.4, -0.2) is 51.4 Å². The molecule has 1 atom stereocenters. The van der Waals surface area contributed by atoms with E-state index in [4.69, 9.17) is 4.42 Å². The molecule has 0 radical (unpaired) electrons. The third-order valence-corrected chi connectivity index (χ3v) is 8.81. The summed E-state index contributed by atoms with van der Waals surface area (Å²) < 4.78 is 59.8. The first kappa shape index (κ1) is 28.5. The Labute approximate surface area is 237 Å². The zero-order valence-electron chi connectivity index (χ0n) is 23.0. The lowest BCUT2D eigenvalue weighted by Gasteiger charge is -2.35. The molecule has 3 aromatic carbocycles. The lowest BCUT2D eigenvalue weighted by atomic mass is 9.87. The summed E-state index contributed by atoms with van der Waals surface area (Å²) >= 11 is 0. The van der Waals surface area contributed by atoms with E-state index in [9.17, 15) is 26.8 Å². The second-order valence-corrected chi connectivity index (χ2v) is 12.3. The minimum atomic E-state index is -3.68. The molecule has 4 aromatic rings. The summed E-state index contributed by atoms with van der Waals surface area (Å²) in [5.74, 6) is -1.23. The van der Waals surface area contributed by atoms with Crippen LogP contribution >= 0.6 is 0 Å². The Hall–Kier alpha value is -4.05. The first-order valence-electron chi connectivity index (χ1n) is 13.4. The number of nitrogens with zero attached hydrogens (tertiary/aromatic N) is 2. The summed E-state index contributed by atoms with van der Waals surface area (Å²) in [6.45, 7) is 2.56. The first-order chi connectivity index (χ1) is 19.5. The number of furan rings is 1. The van der Waals surface area contributed by atoms with Crippen LogP contribution in [0.4, 0.5) is 14.5 Å². The lowest BCUT2D eigenvalue weighted by molar-refractivity contribution is 0.0707. The van der Waals surface area contributed by atoms with Crippen LogP contribution in [0.25, 0.3) is 22.3 Å². The Morgan fingerprint density at radius 2 is 1.66 bits per heavy atom. The van der Waals surface area contributed by atoms with Crippen molar-refractivity contribution in [2.75, 3.05) is 30.7 Å². The molecule has 0 spiro atoms. The Bertz CT molecular complexity index is 1730. The fourth-order valence-corrected chi connectivity index (χ4v) is 5.89. The number of ketones is 1. The van der Waals surface area contributed by atoms with Crippen molar-refractivity contribution in [1.29, 1.82) is 0 Å². The van der Waals surface area contributed by atoms with Gasteiger partial charge in [0.2, 0.25) is 10.0 Å². The smallest absolute Gasteiger partial charge is 0.253 e. The largest absolute Gasteiger partial charge is 0.455 e. The summed E-state index contributed by atoms with van der Waals surface area (Å²) in [6.07, 6.45) is 2.66. The maximum atomic E-state index is 13.7. The van der Waals surface area contributed by atoms with Crippen LogP contribution in [0.15, 0.2) is 65.1 Å². The van der Waals surface area contributed by atoms with Gasteiger partial charge in [-0.25, -0.2) is 17.2 Å². The van der Waals surface area contributed by atoms with E-state index in [-0.39, 0.29) is 29.8 Å². The van der Waals surface area contributed by atoms with Crippen LogP contribution in [0, 0.1) is 11.6 Å². The maximum Gasteiger partial charge on any atom is 0.253 e. The molecule has 0 bridgehead atoms. The van der Waals surface area contributed by atoms with E-state index in [0.29, 0.717) is 64.8 Å². The summed E-state index contributed by atoms with van der Waals surface area (Å²) in [4.78, 5) is 28.2. The van der Waals surface area contributed by atoms with Gasteiger partial charge in [-0.15, -0.1) is 0 Å². The first-order valence-corrected chi connectivity index (χ1v) is 15.2. The normalized spacial score (nSPS) is 15.7. The second kappa shape index (κ2) is 11.1. The number of carbonyl (C=O) groups excluding carboxylic acids is 2. The number of amides is 1. The van der Waals surface area contributed by atoms with Crippen LogP contribution in [0.5, 0.6) is 0 Å². The molecule has 1 aromatic heterocycles. The Balaban J connectivity index is 1.65. The van der Waals surface area contributed by atoms with Crippen molar-refractivity contribution in [3.8, 4) is 11.3 Å². The highest BCUT2D eigenvalue weighted by Crippen LogP contribution is 2.42. The maximum absolute atomic E-state index is 13.7. The van der Waals surface area contributed by atoms with Gasteiger partial charge in [0.1, 0.15) is 23.0 Å². The fraction of sp³-hybridized carbons (Fsp3) is 0.290. The van der Waals surface area contributed by atoms with Crippen molar-refractivity contribution in [3.05, 3.63) is 89.0 Å². The predicted octanol–water partition coefficient (Wildman–Crippen LogP) is 6.39. The van der Waals surface area contributed by atoms with Crippen molar-refractivity contribution in [1.82, 2.24) is 4.90 Å². The SMILES string of the molecule is CCC(=O)c1c(-c2ccc(F)cc2)oc2cc(N(C)S(C)(=O)=O)c([C@H]3CCCN(C(=O)c4ccc(F)cc4)C3)cc12. The number of piperidine rings is 1. The van der Waals surface area contributed by atoms with Crippen LogP contribution in [0.1, 0.15) is 58.4 Å². The molecule has 5 rings (SSSR count). The third kappa shape index (κ3) is 5.61. The number of likely N-dealkylation sites (tertiary alicyclic amines) is 1. The van der Waals surface area contributed by atoms with Crippen molar-refractivity contribution in [2.24, 2.45) is 0 Å². The zero-order valence-corrected chi connectivity index (χ0v) is 23.8. The Morgan fingerprint density at radius 1 is 1.02 bits per heavy atom. The van der Waals surface area contributed by atoms with Crippen LogP contribution in [0.3, 0.4) is 0 Å². The molecule has 1 amide bonds. The molecule has 2 heterocycles. The molecule has 214 valence electrons. The number of hydrogen-bond acceptors (Lipinski definition) is 5. The molecule has 1 saturated heterocycles. The van der Waals surface area contributed by atoms with E-state index in [1.807, 2.05) is 0 Å². The molecular weight excluding hydrogens is 550 g/mol. The molecule has 41 heavy (non-hydrogen) atoms. The molecular formula is C31H30F2N2O5S. The van der Waals surface area contributed by atoms with Gasteiger partial charge in [-0.3, -0.25) is 13.9 Å². The lowest BCUT2D eigenvalue weighted by Crippen LogP contribution is -2.39. The number of rotatable bonds is 7. The molecule has 0 N–H and O–H groups in total. The number of fused-ring (bicyclic) bond motifs is 1. The molecule has 0 saturated carbocycles. The van der Waals surface area contributed by atoms with Gasteiger partial charge in [0.25, 0.3) is 5.91 Å². The highest BCUT2D eigenvalue weighted by molar-refractivity contribution is 7.92. The number of sulfonamides is 1. The molecule has 10 heteroatoms. The second-order valence-electron chi connectivity index (χ2n) is 10.3. The van der Waals surface area contributed by atoms with Gasteiger partial charge in [0, 0.05) is 55.1 Å². The minimum absolute atomic E-state index is 0.171. The van der Waals surface area contributed by atoms with Crippen LogP contribution < -0.4 is 4.31 Å². The highest BCUT2D eigenvalue weighted by atomic mass is 32.2. The molecule has 7 nitrogen and oxygen atoms in total. The van der Waals surface area contributed by atoms with Gasteiger partial charge in [0.15, 0.2) is 5.78 Å². The monoisotopic (exact) mass is 580 g/mol. The number of benzene rings is 3. The van der Waals surface area contributed by atoms with Gasteiger partial charge in [0.05, 0.1) is 17.5 Å². The standard InChI is InChI=1S/C31H30F2N2O5S/c1-4-27(36)29-25-16-24(21-6-5-15-35(18-21)31(37)20-9-13-23(33)14-10-20)26(34(2)41(3,38)39)17-28(25)40-30(29)19-7-11-22(32)12-8-19/h7-14,16-17,21H,4-6,15,18H2,1-3H3/t21-/m0/s1. The van der Waals surface area contributed by atoms with Crippen molar-refractivity contribution in [2.45, 2.75) is 32.1 Å². The Morgan fingerprint density at radius 3 is 2.27 bits per heavy atom. The molecule has 1 fully saturated rings. The van der Waals surface area contributed by atoms with Gasteiger partial charge >= 0.3 is 0 Å². The number of halogens is 2. The summed E-state index contributed by atoms with van der Waals surface area (Å²) in [6, 6.07) is 14.4. The number of carbonyl (C=O) groups is 2. The minimum Gasteiger partial charge on any atom is -0.455 e. The van der Waals surface area contributed by atoms with E-state index in [2.05, 4.69) is 0 Å². The summed E-state index contributed by atoms with van der Waals surface area (Å²) in [5, 5.41) is 0.527. The van der Waals surface area contributed by atoms with E-state index in [1.54, 1.807) is 24.0 Å². The summed E-state index contributed by atoms with van der Waals surface area (Å²) in [5.41, 5.74) is 2.61. The molecule has 1 aliphatic rings. The highest BCUT2D eigenvalue weighted by Gasteiger charge is 2.31. The topological polar surface area (TPSA) is 87.9 Å². The molecule has 1 aliphatic heterocycles. The van der Waals surface area contributed by atoms with Crippen molar-refractivity contribution in [3.63, 3.8) is 0 Å². The van der Waals surface area contributed by atoms with Gasteiger partial charge in [-0.05, 0) is 73.0 Å². The summed E-state index contributed by atoms with van der Waals surface area (Å²) in [7, 11) is -2.23. The predicted molar refractivity (Wildman–Crippen MR) is 154 cm³/mol. The van der Waals surface area contributed by atoms with Crippen molar-refractivity contribution < 1.29 is 31.2 Å². The van der Waals surface area contributed by atoms with E-state index in [0.717, 1.165) is 6.26 Å². The number of anilines is 1. The van der Waals surface area contributed by atoms with Crippen LogP contribution in [-0.2, 0) is 10.0 Å².